The number of amides is 1. The van der Waals surface area contributed by atoms with Gasteiger partial charge < -0.3 is 5.32 Å². The Morgan fingerprint density at radius 2 is 1.90 bits per heavy atom. The summed E-state index contributed by atoms with van der Waals surface area (Å²) in [6.07, 6.45) is 2.99. The summed E-state index contributed by atoms with van der Waals surface area (Å²) in [5.41, 5.74) is 2.95. The summed E-state index contributed by atoms with van der Waals surface area (Å²) < 4.78 is 13.8. The molecular formula is C24H25FN2OS. The highest BCUT2D eigenvalue weighted by Crippen LogP contribution is 2.26. The zero-order valence-electron chi connectivity index (χ0n) is 16.3. The third-order valence-corrected chi connectivity index (χ3v) is 6.39. The maximum atomic E-state index is 13.8. The monoisotopic (exact) mass is 408 g/mol. The van der Waals surface area contributed by atoms with E-state index in [1.165, 1.54) is 22.1 Å². The molecule has 1 unspecified atom stereocenters. The van der Waals surface area contributed by atoms with Crippen LogP contribution >= 0.6 is 11.3 Å². The van der Waals surface area contributed by atoms with E-state index >= 15 is 0 Å². The van der Waals surface area contributed by atoms with E-state index in [1.807, 2.05) is 0 Å². The lowest BCUT2D eigenvalue weighted by atomic mass is 10.00. The average molecular weight is 409 g/mol. The van der Waals surface area contributed by atoms with Gasteiger partial charge in [0.25, 0.3) is 0 Å². The van der Waals surface area contributed by atoms with Crippen molar-refractivity contribution in [3.05, 3.63) is 83.0 Å². The van der Waals surface area contributed by atoms with Crippen molar-refractivity contribution in [2.24, 2.45) is 0 Å². The fourth-order valence-electron chi connectivity index (χ4n) is 3.87. The molecule has 0 saturated carbocycles. The molecule has 5 heteroatoms. The number of hydrogen-bond donors (Lipinski definition) is 1. The maximum absolute atomic E-state index is 13.8. The molecule has 1 aliphatic heterocycles. The predicted octanol–water partition coefficient (Wildman–Crippen LogP) is 5.23. The van der Waals surface area contributed by atoms with Crippen molar-refractivity contribution in [1.29, 1.82) is 0 Å². The molecule has 1 saturated heterocycles. The third kappa shape index (κ3) is 4.92. The van der Waals surface area contributed by atoms with Gasteiger partial charge in [-0.3, -0.25) is 9.69 Å². The number of benzene rings is 2. The average Bonchev–Trinajstić information content (AvgIpc) is 3.29. The standard InChI is InChI=1S/C24H25FN2OS/c25-21-7-2-1-6-20(21)16-26-24(28)22-8-3-4-14-27(22)17-18-10-12-19(13-11-18)23-9-5-15-29-23/h1-2,5-7,9-13,15,22H,3-4,8,14,16-17H2,(H,26,28). The molecule has 2 heterocycles. The van der Waals surface area contributed by atoms with E-state index in [-0.39, 0.29) is 24.3 Å². The minimum atomic E-state index is -0.279. The van der Waals surface area contributed by atoms with Gasteiger partial charge in [0.05, 0.1) is 6.04 Å². The van der Waals surface area contributed by atoms with E-state index in [0.29, 0.717) is 5.56 Å². The number of hydrogen-bond acceptors (Lipinski definition) is 3. The van der Waals surface area contributed by atoms with Crippen LogP contribution in [-0.2, 0) is 17.9 Å². The van der Waals surface area contributed by atoms with Crippen molar-refractivity contribution >= 4 is 17.2 Å². The number of carbonyl (C=O) groups excluding carboxylic acids is 1. The van der Waals surface area contributed by atoms with Gasteiger partial charge in [-0.2, -0.15) is 0 Å². The van der Waals surface area contributed by atoms with Crippen molar-refractivity contribution in [3.63, 3.8) is 0 Å². The van der Waals surface area contributed by atoms with E-state index < -0.39 is 0 Å². The van der Waals surface area contributed by atoms with Gasteiger partial charge in [-0.05, 0) is 48.0 Å². The van der Waals surface area contributed by atoms with Crippen molar-refractivity contribution in [1.82, 2.24) is 10.2 Å². The van der Waals surface area contributed by atoms with E-state index in [2.05, 4.69) is 52.0 Å². The quantitative estimate of drug-likeness (QED) is 0.606. The minimum Gasteiger partial charge on any atom is -0.351 e. The molecule has 1 fully saturated rings. The molecule has 3 aromatic rings. The lowest BCUT2D eigenvalue weighted by Crippen LogP contribution is -2.48. The molecule has 0 spiro atoms. The summed E-state index contributed by atoms with van der Waals surface area (Å²) in [6.45, 7) is 1.89. The molecule has 1 aromatic heterocycles. The van der Waals surface area contributed by atoms with Crippen LogP contribution in [0.3, 0.4) is 0 Å². The fraction of sp³-hybridized carbons (Fsp3) is 0.292. The summed E-state index contributed by atoms with van der Waals surface area (Å²) in [6, 6.07) is 19.2. The van der Waals surface area contributed by atoms with Gasteiger partial charge in [0.1, 0.15) is 5.82 Å². The second-order valence-corrected chi connectivity index (χ2v) is 8.41. The molecular weight excluding hydrogens is 383 g/mol. The number of nitrogens with one attached hydrogen (secondary N) is 1. The lowest BCUT2D eigenvalue weighted by molar-refractivity contribution is -0.128. The number of thiophene rings is 1. The molecule has 1 aliphatic rings. The van der Waals surface area contributed by atoms with Crippen LogP contribution in [0.2, 0.25) is 0 Å². The van der Waals surface area contributed by atoms with Crippen LogP contribution in [0.4, 0.5) is 4.39 Å². The van der Waals surface area contributed by atoms with E-state index in [0.717, 1.165) is 32.4 Å². The van der Waals surface area contributed by atoms with Gasteiger partial charge in [-0.1, -0.05) is 55.0 Å². The SMILES string of the molecule is O=C(NCc1ccccc1F)C1CCCCN1Cc1ccc(-c2cccs2)cc1. The van der Waals surface area contributed by atoms with Gasteiger partial charge in [0.2, 0.25) is 5.91 Å². The van der Waals surface area contributed by atoms with Crippen molar-refractivity contribution < 1.29 is 9.18 Å². The molecule has 1 N–H and O–H groups in total. The smallest absolute Gasteiger partial charge is 0.237 e. The van der Waals surface area contributed by atoms with Gasteiger partial charge >= 0.3 is 0 Å². The van der Waals surface area contributed by atoms with E-state index in [1.54, 1.807) is 29.5 Å². The normalized spacial score (nSPS) is 17.2. The second-order valence-electron chi connectivity index (χ2n) is 7.47. The molecule has 150 valence electrons. The molecule has 1 amide bonds. The Bertz CT molecular complexity index is 940. The number of rotatable bonds is 6. The van der Waals surface area contributed by atoms with Crippen LogP contribution in [0.25, 0.3) is 10.4 Å². The first kappa shape index (κ1) is 19.8. The number of carbonyl (C=O) groups is 1. The molecule has 3 nitrogen and oxygen atoms in total. The number of piperidine rings is 1. The van der Waals surface area contributed by atoms with E-state index in [4.69, 9.17) is 0 Å². The summed E-state index contributed by atoms with van der Waals surface area (Å²) in [7, 11) is 0. The minimum absolute atomic E-state index is 0.0110. The van der Waals surface area contributed by atoms with Gasteiger partial charge in [-0.25, -0.2) is 4.39 Å². The largest absolute Gasteiger partial charge is 0.351 e. The maximum Gasteiger partial charge on any atom is 0.237 e. The zero-order valence-corrected chi connectivity index (χ0v) is 17.1. The Kier molecular flexibility index (Phi) is 6.37. The first-order chi connectivity index (χ1) is 14.2. The predicted molar refractivity (Wildman–Crippen MR) is 116 cm³/mol. The van der Waals surface area contributed by atoms with Gasteiger partial charge in [0, 0.05) is 23.5 Å². The Morgan fingerprint density at radius 3 is 2.66 bits per heavy atom. The molecule has 4 rings (SSSR count). The lowest BCUT2D eigenvalue weighted by Gasteiger charge is -2.34. The summed E-state index contributed by atoms with van der Waals surface area (Å²) in [5.74, 6) is -0.290. The first-order valence-corrected chi connectivity index (χ1v) is 11.0. The van der Waals surface area contributed by atoms with Crippen molar-refractivity contribution in [3.8, 4) is 10.4 Å². The molecule has 1 atom stereocenters. The summed E-state index contributed by atoms with van der Waals surface area (Å²) >= 11 is 1.74. The number of nitrogens with zero attached hydrogens (tertiary/aromatic N) is 1. The van der Waals surface area contributed by atoms with Crippen LogP contribution < -0.4 is 5.32 Å². The zero-order chi connectivity index (χ0) is 20.1. The Hall–Kier alpha value is -2.50. The molecule has 0 bridgehead atoms. The highest BCUT2D eigenvalue weighted by Gasteiger charge is 2.28. The van der Waals surface area contributed by atoms with Crippen LogP contribution in [0.5, 0.6) is 0 Å². The highest BCUT2D eigenvalue weighted by molar-refractivity contribution is 7.13. The molecule has 29 heavy (non-hydrogen) atoms. The number of halogens is 1. The fourth-order valence-corrected chi connectivity index (χ4v) is 4.60. The van der Waals surface area contributed by atoms with Crippen LogP contribution in [0.1, 0.15) is 30.4 Å². The Morgan fingerprint density at radius 1 is 1.07 bits per heavy atom. The van der Waals surface area contributed by atoms with Crippen LogP contribution in [0.15, 0.2) is 66.0 Å². The summed E-state index contributed by atoms with van der Waals surface area (Å²) in [5, 5.41) is 5.02. The van der Waals surface area contributed by atoms with E-state index in [9.17, 15) is 9.18 Å². The summed E-state index contributed by atoms with van der Waals surface area (Å²) in [4.78, 5) is 16.3. The molecule has 0 radical (unpaired) electrons. The topological polar surface area (TPSA) is 32.3 Å². The first-order valence-electron chi connectivity index (χ1n) is 10.1. The molecule has 0 aliphatic carbocycles. The second kappa shape index (κ2) is 9.33. The number of likely N-dealkylation sites (tertiary alicyclic amines) is 1. The Balaban J connectivity index is 1.39. The third-order valence-electron chi connectivity index (χ3n) is 5.47. The Labute approximate surface area is 175 Å². The van der Waals surface area contributed by atoms with Gasteiger partial charge in [0.15, 0.2) is 0 Å². The molecule has 2 aromatic carbocycles. The highest BCUT2D eigenvalue weighted by atomic mass is 32.1. The van der Waals surface area contributed by atoms with Crippen molar-refractivity contribution in [2.75, 3.05) is 6.54 Å². The van der Waals surface area contributed by atoms with Crippen molar-refractivity contribution in [2.45, 2.75) is 38.4 Å². The van der Waals surface area contributed by atoms with Crippen LogP contribution in [0, 0.1) is 5.82 Å². The van der Waals surface area contributed by atoms with Crippen LogP contribution in [-0.4, -0.2) is 23.4 Å². The van der Waals surface area contributed by atoms with Gasteiger partial charge in [-0.15, -0.1) is 11.3 Å².